The van der Waals surface area contributed by atoms with E-state index in [0.29, 0.717) is 12.1 Å². The molecule has 1 unspecified atom stereocenters. The second-order valence-corrected chi connectivity index (χ2v) is 4.34. The van der Waals surface area contributed by atoms with E-state index in [1.807, 2.05) is 19.1 Å². The third-order valence-electron chi connectivity index (χ3n) is 2.44. The Morgan fingerprint density at radius 2 is 2.18 bits per heavy atom. The minimum absolute atomic E-state index is 0.0640. The molecule has 1 aromatic heterocycles. The van der Waals surface area contributed by atoms with Crippen LogP contribution in [0.5, 0.6) is 0 Å². The van der Waals surface area contributed by atoms with Gasteiger partial charge in [-0.1, -0.05) is 17.7 Å². The molecule has 1 aromatic carbocycles. The van der Waals surface area contributed by atoms with Crippen molar-refractivity contribution in [3.8, 4) is 0 Å². The average molecular weight is 254 g/mol. The molecule has 0 radical (unpaired) electrons. The van der Waals surface area contributed by atoms with E-state index in [1.54, 1.807) is 18.4 Å². The number of hydrogen-bond donors (Lipinski definition) is 1. The molecule has 0 saturated carbocycles. The van der Waals surface area contributed by atoms with Gasteiger partial charge in [0.25, 0.3) is 0 Å². The fraction of sp³-hybridized carbons (Fsp3) is 0.231. The summed E-state index contributed by atoms with van der Waals surface area (Å²) in [4.78, 5) is 0. The predicted octanol–water partition coefficient (Wildman–Crippen LogP) is 4.12. The molecule has 2 rings (SSSR count). The molecule has 2 aromatic rings. The summed E-state index contributed by atoms with van der Waals surface area (Å²) >= 11 is 5.71. The molecule has 1 N–H and O–H groups in total. The molecule has 90 valence electrons. The maximum absolute atomic E-state index is 13.6. The second-order valence-electron chi connectivity index (χ2n) is 3.93. The van der Waals surface area contributed by atoms with Crippen LogP contribution in [0.2, 0.25) is 5.02 Å². The summed E-state index contributed by atoms with van der Waals surface area (Å²) < 4.78 is 18.9. The van der Waals surface area contributed by atoms with Crippen LogP contribution in [0.3, 0.4) is 0 Å². The van der Waals surface area contributed by atoms with Gasteiger partial charge in [0.15, 0.2) is 5.82 Å². The Bertz CT molecular complexity index is 484. The van der Waals surface area contributed by atoms with E-state index >= 15 is 0 Å². The Kier molecular flexibility index (Phi) is 3.69. The van der Waals surface area contributed by atoms with Crippen molar-refractivity contribution in [3.63, 3.8) is 0 Å². The van der Waals surface area contributed by atoms with Gasteiger partial charge in [-0.15, -0.1) is 0 Å². The molecule has 0 saturated heterocycles. The first kappa shape index (κ1) is 12.0. The molecule has 2 nitrogen and oxygen atoms in total. The molecule has 0 bridgehead atoms. The standard InChI is InChI=1S/C13H13ClFNO/c1-9(8-10-4-3-7-17-10)16-12-6-2-5-11(14)13(12)15/h2-7,9,16H,8H2,1H3. The summed E-state index contributed by atoms with van der Waals surface area (Å²) in [6.45, 7) is 1.96. The summed E-state index contributed by atoms with van der Waals surface area (Å²) in [5.74, 6) is 0.452. The molecule has 0 amide bonds. The molecule has 17 heavy (non-hydrogen) atoms. The predicted molar refractivity (Wildman–Crippen MR) is 66.9 cm³/mol. The van der Waals surface area contributed by atoms with Gasteiger partial charge < -0.3 is 9.73 Å². The van der Waals surface area contributed by atoms with E-state index in [1.165, 1.54) is 6.07 Å². The Morgan fingerprint density at radius 1 is 1.35 bits per heavy atom. The van der Waals surface area contributed by atoms with Gasteiger partial charge in [-0.25, -0.2) is 4.39 Å². The van der Waals surface area contributed by atoms with Gasteiger partial charge in [0, 0.05) is 12.5 Å². The summed E-state index contributed by atoms with van der Waals surface area (Å²) in [7, 11) is 0. The van der Waals surface area contributed by atoms with Crippen LogP contribution in [0.15, 0.2) is 41.0 Å². The van der Waals surface area contributed by atoms with Crippen molar-refractivity contribution in [2.24, 2.45) is 0 Å². The van der Waals surface area contributed by atoms with Crippen LogP contribution in [-0.2, 0) is 6.42 Å². The van der Waals surface area contributed by atoms with Gasteiger partial charge in [0.1, 0.15) is 5.76 Å². The molecule has 1 heterocycles. The summed E-state index contributed by atoms with van der Waals surface area (Å²) in [5.41, 5.74) is 0.413. The van der Waals surface area contributed by atoms with Crippen LogP contribution in [-0.4, -0.2) is 6.04 Å². The number of rotatable bonds is 4. The molecule has 0 fully saturated rings. The number of benzene rings is 1. The molecule has 0 aliphatic carbocycles. The van der Waals surface area contributed by atoms with Gasteiger partial charge in [-0.2, -0.15) is 0 Å². The Labute approximate surface area is 104 Å². The van der Waals surface area contributed by atoms with Crippen LogP contribution in [0.25, 0.3) is 0 Å². The van der Waals surface area contributed by atoms with Gasteiger partial charge >= 0.3 is 0 Å². The van der Waals surface area contributed by atoms with Gasteiger partial charge in [-0.3, -0.25) is 0 Å². The minimum atomic E-state index is -0.416. The fourth-order valence-electron chi connectivity index (χ4n) is 1.66. The number of halogens is 2. The highest BCUT2D eigenvalue weighted by atomic mass is 35.5. The van der Waals surface area contributed by atoms with Crippen molar-refractivity contribution < 1.29 is 8.81 Å². The van der Waals surface area contributed by atoms with Crippen LogP contribution in [0.4, 0.5) is 10.1 Å². The van der Waals surface area contributed by atoms with Gasteiger partial charge in [0.05, 0.1) is 17.0 Å². The molecule has 0 spiro atoms. The molecule has 0 aliphatic rings. The molecular formula is C13H13ClFNO. The number of furan rings is 1. The zero-order chi connectivity index (χ0) is 12.3. The smallest absolute Gasteiger partial charge is 0.164 e. The molecule has 0 aliphatic heterocycles. The Balaban J connectivity index is 2.03. The third kappa shape index (κ3) is 3.01. The SMILES string of the molecule is CC(Cc1ccco1)Nc1cccc(Cl)c1F. The highest BCUT2D eigenvalue weighted by molar-refractivity contribution is 6.31. The highest BCUT2D eigenvalue weighted by Crippen LogP contribution is 2.23. The lowest BCUT2D eigenvalue weighted by Crippen LogP contribution is -2.18. The first-order chi connectivity index (χ1) is 8.16. The first-order valence-corrected chi connectivity index (χ1v) is 5.77. The first-order valence-electron chi connectivity index (χ1n) is 5.39. The van der Waals surface area contributed by atoms with E-state index in [-0.39, 0.29) is 11.1 Å². The summed E-state index contributed by atoms with van der Waals surface area (Å²) in [6, 6.07) is 8.70. The monoisotopic (exact) mass is 253 g/mol. The van der Waals surface area contributed by atoms with Crippen LogP contribution < -0.4 is 5.32 Å². The summed E-state index contributed by atoms with van der Waals surface area (Å²) in [6.07, 6.45) is 2.32. The van der Waals surface area contributed by atoms with Gasteiger partial charge in [0.2, 0.25) is 0 Å². The maximum atomic E-state index is 13.6. The van der Waals surface area contributed by atoms with Crippen molar-refractivity contribution in [1.29, 1.82) is 0 Å². The lowest BCUT2D eigenvalue weighted by molar-refractivity contribution is 0.497. The Hall–Kier alpha value is -1.48. The third-order valence-corrected chi connectivity index (χ3v) is 2.73. The number of hydrogen-bond acceptors (Lipinski definition) is 2. The zero-order valence-electron chi connectivity index (χ0n) is 9.41. The van der Waals surface area contributed by atoms with E-state index in [4.69, 9.17) is 16.0 Å². The van der Waals surface area contributed by atoms with E-state index in [2.05, 4.69) is 5.32 Å². The van der Waals surface area contributed by atoms with E-state index < -0.39 is 5.82 Å². The summed E-state index contributed by atoms with van der Waals surface area (Å²) in [5, 5.41) is 3.19. The lowest BCUT2D eigenvalue weighted by Gasteiger charge is -2.14. The van der Waals surface area contributed by atoms with Crippen LogP contribution in [0.1, 0.15) is 12.7 Å². The number of anilines is 1. The molecule has 1 atom stereocenters. The van der Waals surface area contributed by atoms with Gasteiger partial charge in [-0.05, 0) is 31.2 Å². The van der Waals surface area contributed by atoms with E-state index in [9.17, 15) is 4.39 Å². The minimum Gasteiger partial charge on any atom is -0.469 e. The van der Waals surface area contributed by atoms with Crippen molar-refractivity contribution in [1.82, 2.24) is 0 Å². The fourth-order valence-corrected chi connectivity index (χ4v) is 1.84. The molecular weight excluding hydrogens is 241 g/mol. The van der Waals surface area contributed by atoms with Crippen molar-refractivity contribution in [2.45, 2.75) is 19.4 Å². The topological polar surface area (TPSA) is 25.2 Å². The van der Waals surface area contributed by atoms with Crippen molar-refractivity contribution in [3.05, 3.63) is 53.2 Å². The van der Waals surface area contributed by atoms with Crippen molar-refractivity contribution >= 4 is 17.3 Å². The quantitative estimate of drug-likeness (QED) is 0.887. The number of nitrogens with one attached hydrogen (secondary N) is 1. The maximum Gasteiger partial charge on any atom is 0.164 e. The van der Waals surface area contributed by atoms with Crippen molar-refractivity contribution in [2.75, 3.05) is 5.32 Å². The normalized spacial score (nSPS) is 12.4. The highest BCUT2D eigenvalue weighted by Gasteiger charge is 2.10. The Morgan fingerprint density at radius 3 is 2.88 bits per heavy atom. The van der Waals surface area contributed by atoms with Crippen LogP contribution in [0, 0.1) is 5.82 Å². The zero-order valence-corrected chi connectivity index (χ0v) is 10.2. The molecule has 4 heteroatoms. The average Bonchev–Trinajstić information content (AvgIpc) is 2.77. The largest absolute Gasteiger partial charge is 0.469 e. The van der Waals surface area contributed by atoms with E-state index in [0.717, 1.165) is 5.76 Å². The lowest BCUT2D eigenvalue weighted by atomic mass is 10.2. The second kappa shape index (κ2) is 5.23. The van der Waals surface area contributed by atoms with Crippen LogP contribution >= 0.6 is 11.6 Å².